The van der Waals surface area contributed by atoms with E-state index >= 15 is 0 Å². The Morgan fingerprint density at radius 2 is 2.17 bits per heavy atom. The number of benzene rings is 1. The van der Waals surface area contributed by atoms with Crippen molar-refractivity contribution in [2.24, 2.45) is 0 Å². The predicted octanol–water partition coefficient (Wildman–Crippen LogP) is 2.31. The lowest BCUT2D eigenvalue weighted by Gasteiger charge is -2.23. The molecule has 1 fully saturated rings. The van der Waals surface area contributed by atoms with Gasteiger partial charge in [0.25, 0.3) is 0 Å². The second-order valence-electron chi connectivity index (χ2n) is 6.98. The summed E-state index contributed by atoms with van der Waals surface area (Å²) < 4.78 is 10.6. The van der Waals surface area contributed by atoms with Crippen LogP contribution in [0.4, 0.5) is 10.5 Å². The van der Waals surface area contributed by atoms with E-state index < -0.39 is 17.3 Å². The SMILES string of the molecule is COc1cc(NC(=O)OC(C)(C)C)ccc1CC1(O)CCNC1. The van der Waals surface area contributed by atoms with Crippen molar-refractivity contribution in [2.75, 3.05) is 25.5 Å². The molecule has 128 valence electrons. The van der Waals surface area contributed by atoms with Crippen LogP contribution in [0.5, 0.6) is 5.75 Å². The molecular formula is C17H26N2O4. The molecule has 0 spiro atoms. The number of aliphatic hydroxyl groups is 1. The third kappa shape index (κ3) is 5.11. The van der Waals surface area contributed by atoms with E-state index in [4.69, 9.17) is 9.47 Å². The maximum absolute atomic E-state index is 11.8. The zero-order chi connectivity index (χ0) is 17.1. The summed E-state index contributed by atoms with van der Waals surface area (Å²) in [5.41, 5.74) is 0.213. The number of methoxy groups -OCH3 is 1. The van der Waals surface area contributed by atoms with Gasteiger partial charge >= 0.3 is 6.09 Å². The summed E-state index contributed by atoms with van der Waals surface area (Å²) in [5.74, 6) is 0.638. The van der Waals surface area contributed by atoms with Crippen molar-refractivity contribution < 1.29 is 19.4 Å². The molecule has 2 rings (SSSR count). The van der Waals surface area contributed by atoms with Gasteiger partial charge in [-0.3, -0.25) is 5.32 Å². The van der Waals surface area contributed by atoms with Gasteiger partial charge in [-0.1, -0.05) is 6.07 Å². The van der Waals surface area contributed by atoms with E-state index in [9.17, 15) is 9.90 Å². The number of carbonyl (C=O) groups is 1. The van der Waals surface area contributed by atoms with Crippen molar-refractivity contribution >= 4 is 11.8 Å². The average molecular weight is 322 g/mol. The average Bonchev–Trinajstić information content (AvgIpc) is 2.85. The smallest absolute Gasteiger partial charge is 0.412 e. The molecule has 0 bridgehead atoms. The lowest BCUT2D eigenvalue weighted by molar-refractivity contribution is 0.0609. The fourth-order valence-electron chi connectivity index (χ4n) is 2.63. The minimum absolute atomic E-state index is 0.508. The van der Waals surface area contributed by atoms with Crippen molar-refractivity contribution in [2.45, 2.75) is 44.8 Å². The van der Waals surface area contributed by atoms with Gasteiger partial charge in [0.1, 0.15) is 11.4 Å². The molecule has 0 saturated carbocycles. The number of amides is 1. The van der Waals surface area contributed by atoms with Crippen LogP contribution >= 0.6 is 0 Å². The first-order chi connectivity index (χ1) is 10.7. The second-order valence-corrected chi connectivity index (χ2v) is 6.98. The number of rotatable bonds is 4. The molecule has 1 aromatic rings. The normalized spacial score (nSPS) is 21.1. The maximum Gasteiger partial charge on any atom is 0.412 e. The Kier molecular flexibility index (Phi) is 5.16. The van der Waals surface area contributed by atoms with Gasteiger partial charge in [0.15, 0.2) is 0 Å². The van der Waals surface area contributed by atoms with Gasteiger partial charge in [-0.2, -0.15) is 0 Å². The largest absolute Gasteiger partial charge is 0.496 e. The number of β-amino-alcohol motifs (C(OH)–C–C–N with tert-alkyl or cyclic N) is 1. The molecule has 0 radical (unpaired) electrons. The third-order valence-electron chi connectivity index (χ3n) is 3.67. The Hall–Kier alpha value is -1.79. The molecule has 6 nitrogen and oxygen atoms in total. The lowest BCUT2D eigenvalue weighted by Crippen LogP contribution is -2.33. The standard InChI is InChI=1S/C17H26N2O4/c1-16(2,3)23-15(20)19-13-6-5-12(14(9-13)22-4)10-17(21)7-8-18-11-17/h5-6,9,18,21H,7-8,10-11H2,1-4H3,(H,19,20). The Morgan fingerprint density at radius 3 is 2.74 bits per heavy atom. The highest BCUT2D eigenvalue weighted by atomic mass is 16.6. The van der Waals surface area contributed by atoms with Crippen LogP contribution in [0.15, 0.2) is 18.2 Å². The van der Waals surface area contributed by atoms with Crippen LogP contribution in [-0.4, -0.2) is 42.6 Å². The fraction of sp³-hybridized carbons (Fsp3) is 0.588. The summed E-state index contributed by atoms with van der Waals surface area (Å²) >= 11 is 0. The number of hydrogen-bond donors (Lipinski definition) is 3. The molecule has 1 saturated heterocycles. The minimum atomic E-state index is -0.743. The zero-order valence-corrected chi connectivity index (χ0v) is 14.2. The lowest BCUT2D eigenvalue weighted by atomic mass is 9.93. The maximum atomic E-state index is 11.8. The first kappa shape index (κ1) is 17.6. The number of carbonyl (C=O) groups excluding carboxylic acids is 1. The molecule has 1 atom stereocenters. The summed E-state index contributed by atoms with van der Waals surface area (Å²) in [4.78, 5) is 11.8. The van der Waals surface area contributed by atoms with Gasteiger partial charge in [0, 0.05) is 24.7 Å². The molecule has 6 heteroatoms. The highest BCUT2D eigenvalue weighted by Crippen LogP contribution is 2.29. The molecule has 1 amide bonds. The number of ether oxygens (including phenoxy) is 2. The molecule has 1 heterocycles. The summed E-state index contributed by atoms with van der Waals surface area (Å²) in [6, 6.07) is 5.39. The Labute approximate surface area is 137 Å². The van der Waals surface area contributed by atoms with E-state index in [-0.39, 0.29) is 0 Å². The molecule has 0 aliphatic carbocycles. The monoisotopic (exact) mass is 322 g/mol. The van der Waals surface area contributed by atoms with Gasteiger partial charge in [-0.05, 0) is 45.4 Å². The van der Waals surface area contributed by atoms with E-state index in [1.54, 1.807) is 19.2 Å². The van der Waals surface area contributed by atoms with E-state index in [0.29, 0.717) is 30.8 Å². The molecule has 3 N–H and O–H groups in total. The van der Waals surface area contributed by atoms with Crippen LogP contribution in [0.25, 0.3) is 0 Å². The summed E-state index contributed by atoms with van der Waals surface area (Å²) in [7, 11) is 1.58. The second kappa shape index (κ2) is 6.76. The molecule has 0 aromatic heterocycles. The number of nitrogens with one attached hydrogen (secondary N) is 2. The predicted molar refractivity (Wildman–Crippen MR) is 89.0 cm³/mol. The molecule has 1 aliphatic rings. The van der Waals surface area contributed by atoms with Crippen LogP contribution in [-0.2, 0) is 11.2 Å². The highest BCUT2D eigenvalue weighted by Gasteiger charge is 2.32. The quantitative estimate of drug-likeness (QED) is 0.793. The summed E-state index contributed by atoms with van der Waals surface area (Å²) in [5, 5.41) is 16.4. The zero-order valence-electron chi connectivity index (χ0n) is 14.2. The van der Waals surface area contributed by atoms with Crippen LogP contribution in [0.2, 0.25) is 0 Å². The first-order valence-electron chi connectivity index (χ1n) is 7.81. The van der Waals surface area contributed by atoms with Crippen molar-refractivity contribution in [3.8, 4) is 5.75 Å². The van der Waals surface area contributed by atoms with Crippen LogP contribution < -0.4 is 15.4 Å². The Balaban J connectivity index is 2.08. The van der Waals surface area contributed by atoms with E-state index in [2.05, 4.69) is 10.6 Å². The van der Waals surface area contributed by atoms with Crippen molar-refractivity contribution in [3.05, 3.63) is 23.8 Å². The Morgan fingerprint density at radius 1 is 1.43 bits per heavy atom. The number of hydrogen-bond acceptors (Lipinski definition) is 5. The van der Waals surface area contributed by atoms with Crippen molar-refractivity contribution in [1.82, 2.24) is 5.32 Å². The molecule has 1 unspecified atom stereocenters. The molecule has 23 heavy (non-hydrogen) atoms. The minimum Gasteiger partial charge on any atom is -0.496 e. The van der Waals surface area contributed by atoms with E-state index in [1.165, 1.54) is 0 Å². The van der Waals surface area contributed by atoms with Gasteiger partial charge < -0.3 is 19.9 Å². The van der Waals surface area contributed by atoms with Gasteiger partial charge in [-0.15, -0.1) is 0 Å². The van der Waals surface area contributed by atoms with Crippen molar-refractivity contribution in [3.63, 3.8) is 0 Å². The molecular weight excluding hydrogens is 296 g/mol. The van der Waals surface area contributed by atoms with Crippen LogP contribution in [0.3, 0.4) is 0 Å². The summed E-state index contributed by atoms with van der Waals surface area (Å²) in [6.45, 7) is 6.83. The first-order valence-corrected chi connectivity index (χ1v) is 7.81. The number of anilines is 1. The highest BCUT2D eigenvalue weighted by molar-refractivity contribution is 5.85. The van der Waals surface area contributed by atoms with E-state index in [1.807, 2.05) is 26.8 Å². The molecule has 1 aliphatic heterocycles. The van der Waals surface area contributed by atoms with Gasteiger partial charge in [-0.25, -0.2) is 4.79 Å². The van der Waals surface area contributed by atoms with Crippen molar-refractivity contribution in [1.29, 1.82) is 0 Å². The topological polar surface area (TPSA) is 79.8 Å². The fourth-order valence-corrected chi connectivity index (χ4v) is 2.63. The van der Waals surface area contributed by atoms with Gasteiger partial charge in [0.05, 0.1) is 12.7 Å². The molecule has 1 aromatic carbocycles. The summed E-state index contributed by atoms with van der Waals surface area (Å²) in [6.07, 6.45) is 0.718. The van der Waals surface area contributed by atoms with Gasteiger partial charge in [0.2, 0.25) is 0 Å². The van der Waals surface area contributed by atoms with Crippen LogP contribution in [0, 0.1) is 0 Å². The van der Waals surface area contributed by atoms with E-state index in [0.717, 1.165) is 12.1 Å². The third-order valence-corrected chi connectivity index (χ3v) is 3.67. The van der Waals surface area contributed by atoms with Crippen LogP contribution in [0.1, 0.15) is 32.8 Å². The Bertz CT molecular complexity index is 560.